The summed E-state index contributed by atoms with van der Waals surface area (Å²) in [6.45, 7) is 7.12. The molecule has 1 amide bonds. The van der Waals surface area contributed by atoms with Gasteiger partial charge in [-0.05, 0) is 38.7 Å². The monoisotopic (exact) mass is 243 g/mol. The van der Waals surface area contributed by atoms with E-state index in [2.05, 4.69) is 14.9 Å². The molecule has 0 aliphatic rings. The molecule has 16 heavy (non-hydrogen) atoms. The maximum atomic E-state index is 11.9. The lowest BCUT2D eigenvalue weighted by molar-refractivity contribution is 0.0712. The Morgan fingerprint density at radius 1 is 1.62 bits per heavy atom. The first-order chi connectivity index (χ1) is 7.38. The molecule has 1 aromatic heterocycles. The molecule has 0 aliphatic heterocycles. The lowest BCUT2D eigenvalue weighted by atomic mass is 9.98. The molecular weight excluding hydrogens is 226 g/mol. The van der Waals surface area contributed by atoms with Crippen molar-refractivity contribution in [3.8, 4) is 0 Å². The molecule has 1 unspecified atom stereocenters. The molecule has 0 fully saturated rings. The smallest absolute Gasteiger partial charge is 0.265 e. The third-order valence-electron chi connectivity index (χ3n) is 2.58. The van der Waals surface area contributed by atoms with Gasteiger partial charge in [0.1, 0.15) is 4.88 Å². The molecule has 0 saturated heterocycles. The zero-order chi connectivity index (χ0) is 12.3. The average Bonchev–Trinajstić information content (AvgIpc) is 2.64. The summed E-state index contributed by atoms with van der Waals surface area (Å²) in [7, 11) is 0. The van der Waals surface area contributed by atoms with Crippen molar-refractivity contribution in [3.63, 3.8) is 0 Å². The van der Waals surface area contributed by atoms with Gasteiger partial charge in [0.2, 0.25) is 0 Å². The van der Waals surface area contributed by atoms with Crippen molar-refractivity contribution in [1.82, 2.24) is 14.9 Å². The zero-order valence-electron chi connectivity index (χ0n) is 9.94. The van der Waals surface area contributed by atoms with Crippen LogP contribution < -0.4 is 5.32 Å². The third kappa shape index (κ3) is 2.76. The standard InChI is InChI=1S/C10H17N3O2S/c1-5-7-8(16-13-12-7)9(15)11-10(3,4)6(2)14/h6,14H,5H2,1-4H3,(H,11,15). The number of carbonyl (C=O) groups is 1. The molecule has 1 rings (SSSR count). The first-order valence-corrected chi connectivity index (χ1v) is 5.97. The van der Waals surface area contributed by atoms with Crippen molar-refractivity contribution in [2.75, 3.05) is 0 Å². The minimum absolute atomic E-state index is 0.224. The molecule has 0 aromatic carbocycles. The third-order valence-corrected chi connectivity index (χ3v) is 3.34. The lowest BCUT2D eigenvalue weighted by Crippen LogP contribution is -2.50. The van der Waals surface area contributed by atoms with Crippen LogP contribution in [0.5, 0.6) is 0 Å². The predicted octanol–water partition coefficient (Wildman–Crippen LogP) is 0.990. The van der Waals surface area contributed by atoms with Gasteiger partial charge in [-0.2, -0.15) is 0 Å². The van der Waals surface area contributed by atoms with E-state index in [1.54, 1.807) is 20.8 Å². The second-order valence-corrected chi connectivity index (χ2v) is 5.01. The highest BCUT2D eigenvalue weighted by atomic mass is 32.1. The van der Waals surface area contributed by atoms with Gasteiger partial charge in [0.05, 0.1) is 17.3 Å². The molecule has 6 heteroatoms. The molecule has 2 N–H and O–H groups in total. The van der Waals surface area contributed by atoms with E-state index in [0.29, 0.717) is 17.0 Å². The highest BCUT2D eigenvalue weighted by Gasteiger charge is 2.28. The number of carbonyl (C=O) groups excluding carboxylic acids is 1. The van der Waals surface area contributed by atoms with Gasteiger partial charge in [-0.15, -0.1) is 5.10 Å². The average molecular weight is 243 g/mol. The van der Waals surface area contributed by atoms with E-state index in [4.69, 9.17) is 0 Å². The minimum Gasteiger partial charge on any atom is -0.391 e. The van der Waals surface area contributed by atoms with Gasteiger partial charge >= 0.3 is 0 Å². The fourth-order valence-electron chi connectivity index (χ4n) is 1.07. The maximum Gasteiger partial charge on any atom is 0.265 e. The van der Waals surface area contributed by atoms with E-state index in [-0.39, 0.29) is 5.91 Å². The van der Waals surface area contributed by atoms with Gasteiger partial charge in [0.25, 0.3) is 5.91 Å². The second-order valence-electron chi connectivity index (χ2n) is 4.25. The largest absolute Gasteiger partial charge is 0.391 e. The molecule has 0 saturated carbocycles. The second kappa shape index (κ2) is 4.88. The van der Waals surface area contributed by atoms with Crippen LogP contribution in [-0.2, 0) is 6.42 Å². The number of aromatic nitrogens is 2. The van der Waals surface area contributed by atoms with Crippen LogP contribution in [0.15, 0.2) is 0 Å². The van der Waals surface area contributed by atoms with Gasteiger partial charge in [-0.3, -0.25) is 4.79 Å². The van der Waals surface area contributed by atoms with E-state index in [9.17, 15) is 9.90 Å². The van der Waals surface area contributed by atoms with Crippen LogP contribution >= 0.6 is 11.5 Å². The summed E-state index contributed by atoms with van der Waals surface area (Å²) >= 11 is 1.08. The van der Waals surface area contributed by atoms with Crippen LogP contribution in [-0.4, -0.2) is 32.2 Å². The van der Waals surface area contributed by atoms with Crippen molar-refractivity contribution in [2.45, 2.75) is 45.8 Å². The summed E-state index contributed by atoms with van der Waals surface area (Å²) in [5.74, 6) is -0.224. The zero-order valence-corrected chi connectivity index (χ0v) is 10.8. The molecule has 0 bridgehead atoms. The van der Waals surface area contributed by atoms with Crippen LogP contribution in [0.25, 0.3) is 0 Å². The van der Waals surface area contributed by atoms with Crippen molar-refractivity contribution in [3.05, 3.63) is 10.6 Å². The Morgan fingerprint density at radius 3 is 2.75 bits per heavy atom. The topological polar surface area (TPSA) is 75.1 Å². The molecule has 0 aliphatic carbocycles. The molecular formula is C10H17N3O2S. The summed E-state index contributed by atoms with van der Waals surface area (Å²) in [5, 5.41) is 16.2. The van der Waals surface area contributed by atoms with E-state index in [1.807, 2.05) is 6.92 Å². The quantitative estimate of drug-likeness (QED) is 0.827. The number of nitrogens with zero attached hydrogens (tertiary/aromatic N) is 2. The lowest BCUT2D eigenvalue weighted by Gasteiger charge is -2.29. The van der Waals surface area contributed by atoms with E-state index in [0.717, 1.165) is 11.5 Å². The number of hydrogen-bond donors (Lipinski definition) is 2. The Balaban J connectivity index is 2.81. The summed E-state index contributed by atoms with van der Waals surface area (Å²) in [6.07, 6.45) is 0.0522. The molecule has 5 nitrogen and oxygen atoms in total. The highest BCUT2D eigenvalue weighted by Crippen LogP contribution is 2.14. The Bertz CT molecular complexity index is 374. The summed E-state index contributed by atoms with van der Waals surface area (Å²) in [6, 6.07) is 0. The predicted molar refractivity (Wildman–Crippen MR) is 62.5 cm³/mol. The Hall–Kier alpha value is -1.01. The Kier molecular flexibility index (Phi) is 3.98. The van der Waals surface area contributed by atoms with Gasteiger partial charge in [-0.25, -0.2) is 0 Å². The fraction of sp³-hybridized carbons (Fsp3) is 0.700. The van der Waals surface area contributed by atoms with Crippen LogP contribution in [0, 0.1) is 0 Å². The molecule has 1 aromatic rings. The van der Waals surface area contributed by atoms with Crippen molar-refractivity contribution in [1.29, 1.82) is 0 Å². The minimum atomic E-state index is -0.661. The maximum absolute atomic E-state index is 11.9. The van der Waals surface area contributed by atoms with Crippen LogP contribution in [0.1, 0.15) is 43.1 Å². The summed E-state index contributed by atoms with van der Waals surface area (Å²) in [4.78, 5) is 12.4. The number of aliphatic hydroxyl groups is 1. The number of hydrogen-bond acceptors (Lipinski definition) is 5. The highest BCUT2D eigenvalue weighted by molar-refractivity contribution is 7.08. The molecule has 0 spiro atoms. The summed E-state index contributed by atoms with van der Waals surface area (Å²) < 4.78 is 3.76. The molecule has 1 heterocycles. The normalized spacial score (nSPS) is 13.6. The van der Waals surface area contributed by atoms with Crippen molar-refractivity contribution < 1.29 is 9.90 Å². The summed E-state index contributed by atoms with van der Waals surface area (Å²) in [5.41, 5.74) is 0.0374. The first-order valence-electron chi connectivity index (χ1n) is 5.20. The van der Waals surface area contributed by atoms with E-state index >= 15 is 0 Å². The van der Waals surface area contributed by atoms with Crippen LogP contribution in [0.4, 0.5) is 0 Å². The van der Waals surface area contributed by atoms with Gasteiger partial charge in [0, 0.05) is 0 Å². The van der Waals surface area contributed by atoms with Crippen LogP contribution in [0.2, 0.25) is 0 Å². The van der Waals surface area contributed by atoms with E-state index in [1.165, 1.54) is 0 Å². The van der Waals surface area contributed by atoms with Crippen LogP contribution in [0.3, 0.4) is 0 Å². The van der Waals surface area contributed by atoms with Crippen molar-refractivity contribution in [2.24, 2.45) is 0 Å². The number of nitrogens with one attached hydrogen (secondary N) is 1. The molecule has 1 atom stereocenters. The van der Waals surface area contributed by atoms with Crippen molar-refractivity contribution >= 4 is 17.4 Å². The first kappa shape index (κ1) is 13.1. The number of aryl methyl sites for hydroxylation is 1. The molecule has 0 radical (unpaired) electrons. The SMILES string of the molecule is CCc1nnsc1C(=O)NC(C)(C)C(C)O. The van der Waals surface area contributed by atoms with Gasteiger partial charge in [-0.1, -0.05) is 11.4 Å². The fourth-order valence-corrected chi connectivity index (χ4v) is 1.71. The van der Waals surface area contributed by atoms with Gasteiger partial charge in [0.15, 0.2) is 0 Å². The number of rotatable bonds is 4. The number of amides is 1. The van der Waals surface area contributed by atoms with E-state index < -0.39 is 11.6 Å². The van der Waals surface area contributed by atoms with Gasteiger partial charge < -0.3 is 10.4 Å². The Morgan fingerprint density at radius 2 is 2.25 bits per heavy atom. The Labute approximate surface area is 99.0 Å². The molecule has 90 valence electrons. The number of aliphatic hydroxyl groups excluding tert-OH is 1.